The molecule has 0 fully saturated rings. The predicted octanol–water partition coefficient (Wildman–Crippen LogP) is 4.25. The van der Waals surface area contributed by atoms with Gasteiger partial charge < -0.3 is 5.32 Å². The van der Waals surface area contributed by atoms with Gasteiger partial charge >= 0.3 is 0 Å². The van der Waals surface area contributed by atoms with Crippen LogP contribution in [0.4, 0.5) is 0 Å². The Morgan fingerprint density at radius 2 is 1.42 bits per heavy atom. The molecule has 142 valence electrons. The number of unbranched alkanes of at least 4 members (excludes halogenated alkanes) is 11. The van der Waals surface area contributed by atoms with E-state index in [0.717, 1.165) is 12.8 Å². The van der Waals surface area contributed by atoms with E-state index in [1.165, 1.54) is 70.3 Å². The summed E-state index contributed by atoms with van der Waals surface area (Å²) < 4.78 is 29.5. The number of hydrogen-bond donors (Lipinski definition) is 2. The normalized spacial score (nSPS) is 11.9. The first-order valence-electron chi connectivity index (χ1n) is 9.35. The van der Waals surface area contributed by atoms with E-state index < -0.39 is 15.9 Å². The Balaban J connectivity index is 3.32. The van der Waals surface area contributed by atoms with Crippen molar-refractivity contribution in [3.8, 4) is 0 Å². The lowest BCUT2D eigenvalue weighted by atomic mass is 10.1. The summed E-state index contributed by atoms with van der Waals surface area (Å²) in [4.78, 5) is 11.4. The highest BCUT2D eigenvalue weighted by atomic mass is 32.2. The van der Waals surface area contributed by atoms with E-state index in [1.807, 2.05) is 6.08 Å². The van der Waals surface area contributed by atoms with Crippen molar-refractivity contribution in [2.75, 3.05) is 12.3 Å². The van der Waals surface area contributed by atoms with Gasteiger partial charge in [0.05, 0.1) is 5.75 Å². The van der Waals surface area contributed by atoms with Crippen LogP contribution in [0.3, 0.4) is 0 Å². The zero-order valence-electron chi connectivity index (χ0n) is 15.1. The minimum atomic E-state index is -4.01. The zero-order valence-corrected chi connectivity index (χ0v) is 16.0. The minimum Gasteiger partial charge on any atom is -0.351 e. The first kappa shape index (κ1) is 23.1. The third-order valence-corrected chi connectivity index (χ3v) is 4.62. The van der Waals surface area contributed by atoms with Crippen LogP contribution < -0.4 is 5.32 Å². The molecule has 0 bridgehead atoms. The number of amides is 1. The van der Waals surface area contributed by atoms with Crippen LogP contribution in [0.5, 0.6) is 0 Å². The molecule has 0 spiro atoms. The maximum absolute atomic E-state index is 11.4. The third kappa shape index (κ3) is 19.2. The van der Waals surface area contributed by atoms with Gasteiger partial charge in [0.25, 0.3) is 10.1 Å². The van der Waals surface area contributed by atoms with E-state index in [1.54, 1.807) is 0 Å². The molecular weight excluding hydrogens is 326 g/mol. The largest absolute Gasteiger partial charge is 0.351 e. The molecule has 0 saturated heterocycles. The molecule has 0 aromatic rings. The van der Waals surface area contributed by atoms with Gasteiger partial charge in [0, 0.05) is 6.54 Å². The standard InChI is InChI=1S/C18H35NO4S/c1-2-3-4-5-6-7-8-9-10-11-12-13-14-15-18(20)19-16-17-24(21,22)23/h14-15H,2-13,16-17H2,1H3,(H,19,20)(H,21,22,23)/b15-14+. The van der Waals surface area contributed by atoms with Crippen molar-refractivity contribution in [1.29, 1.82) is 0 Å². The summed E-state index contributed by atoms with van der Waals surface area (Å²) in [7, 11) is -4.01. The first-order chi connectivity index (χ1) is 11.5. The van der Waals surface area contributed by atoms with Crippen molar-refractivity contribution in [3.63, 3.8) is 0 Å². The SMILES string of the molecule is CCCCCCCCCCCCC/C=C/C(=O)NCCS(=O)(=O)O. The van der Waals surface area contributed by atoms with Crippen LogP contribution in [-0.4, -0.2) is 31.2 Å². The van der Waals surface area contributed by atoms with Crippen LogP contribution in [0.25, 0.3) is 0 Å². The molecule has 24 heavy (non-hydrogen) atoms. The molecule has 6 heteroatoms. The Labute approximate surface area is 148 Å². The molecule has 0 rings (SSSR count). The van der Waals surface area contributed by atoms with Crippen LogP contribution in [-0.2, 0) is 14.9 Å². The molecule has 5 nitrogen and oxygen atoms in total. The lowest BCUT2D eigenvalue weighted by Gasteiger charge is -2.02. The highest BCUT2D eigenvalue weighted by molar-refractivity contribution is 7.85. The quantitative estimate of drug-likeness (QED) is 0.244. The van der Waals surface area contributed by atoms with Crippen LogP contribution in [0.1, 0.15) is 84.0 Å². The van der Waals surface area contributed by atoms with Crippen molar-refractivity contribution in [2.24, 2.45) is 0 Å². The summed E-state index contributed by atoms with van der Waals surface area (Å²) in [5.41, 5.74) is 0. The number of rotatable bonds is 16. The molecule has 2 N–H and O–H groups in total. The van der Waals surface area contributed by atoms with Crippen LogP contribution in [0, 0.1) is 0 Å². The van der Waals surface area contributed by atoms with Gasteiger partial charge in [0.15, 0.2) is 0 Å². The summed E-state index contributed by atoms with van der Waals surface area (Å²) >= 11 is 0. The van der Waals surface area contributed by atoms with Crippen molar-refractivity contribution < 1.29 is 17.8 Å². The molecule has 1 amide bonds. The molecule has 0 aromatic carbocycles. The minimum absolute atomic E-state index is 0.0690. The maximum atomic E-state index is 11.4. The Morgan fingerprint density at radius 3 is 1.92 bits per heavy atom. The third-order valence-electron chi connectivity index (χ3n) is 3.90. The molecule has 0 heterocycles. The second-order valence-corrected chi connectivity index (χ2v) is 7.88. The zero-order chi connectivity index (χ0) is 18.1. The molecule has 0 radical (unpaired) electrons. The summed E-state index contributed by atoms with van der Waals surface area (Å²) in [5.74, 6) is -0.771. The topological polar surface area (TPSA) is 83.5 Å². The highest BCUT2D eigenvalue weighted by Gasteiger charge is 2.04. The van der Waals surface area contributed by atoms with Gasteiger partial charge in [-0.1, -0.05) is 77.2 Å². The molecule has 0 saturated carbocycles. The average molecular weight is 362 g/mol. The maximum Gasteiger partial charge on any atom is 0.266 e. The first-order valence-corrected chi connectivity index (χ1v) is 11.0. The molecule has 0 aliphatic rings. The summed E-state index contributed by atoms with van der Waals surface area (Å²) in [6.07, 6.45) is 18.4. The van der Waals surface area contributed by atoms with Crippen molar-refractivity contribution in [3.05, 3.63) is 12.2 Å². The Morgan fingerprint density at radius 1 is 0.917 bits per heavy atom. The highest BCUT2D eigenvalue weighted by Crippen LogP contribution is 2.11. The van der Waals surface area contributed by atoms with Crippen molar-refractivity contribution in [1.82, 2.24) is 5.32 Å². The fourth-order valence-electron chi connectivity index (χ4n) is 2.48. The lowest BCUT2D eigenvalue weighted by Crippen LogP contribution is -2.27. The average Bonchev–Trinajstić information content (AvgIpc) is 2.50. The Kier molecular flexibility index (Phi) is 15.1. The molecule has 0 aliphatic carbocycles. The fourth-order valence-corrected chi connectivity index (χ4v) is 2.84. The molecule has 0 aliphatic heterocycles. The van der Waals surface area contributed by atoms with E-state index >= 15 is 0 Å². The van der Waals surface area contributed by atoms with Crippen molar-refractivity contribution in [2.45, 2.75) is 84.0 Å². The number of allylic oxidation sites excluding steroid dienone is 1. The van der Waals surface area contributed by atoms with Gasteiger partial charge in [0.2, 0.25) is 5.91 Å². The number of nitrogens with one attached hydrogen (secondary N) is 1. The Bertz CT molecular complexity index is 432. The number of carbonyl (C=O) groups is 1. The van der Waals surface area contributed by atoms with E-state index in [-0.39, 0.29) is 12.5 Å². The van der Waals surface area contributed by atoms with Crippen LogP contribution in [0.15, 0.2) is 12.2 Å². The molecule has 0 aromatic heterocycles. The lowest BCUT2D eigenvalue weighted by molar-refractivity contribution is -0.116. The predicted molar refractivity (Wildman–Crippen MR) is 99.6 cm³/mol. The fraction of sp³-hybridized carbons (Fsp3) is 0.833. The molecule has 0 unspecified atom stereocenters. The summed E-state index contributed by atoms with van der Waals surface area (Å²) in [6, 6.07) is 0. The van der Waals surface area contributed by atoms with E-state index in [9.17, 15) is 13.2 Å². The van der Waals surface area contributed by atoms with Gasteiger partial charge in [-0.3, -0.25) is 9.35 Å². The van der Waals surface area contributed by atoms with E-state index in [2.05, 4.69) is 12.2 Å². The van der Waals surface area contributed by atoms with Crippen molar-refractivity contribution >= 4 is 16.0 Å². The van der Waals surface area contributed by atoms with Gasteiger partial charge in [0.1, 0.15) is 0 Å². The van der Waals surface area contributed by atoms with E-state index in [4.69, 9.17) is 4.55 Å². The second-order valence-electron chi connectivity index (χ2n) is 6.30. The second kappa shape index (κ2) is 15.6. The van der Waals surface area contributed by atoms with Gasteiger partial charge in [-0.25, -0.2) is 0 Å². The van der Waals surface area contributed by atoms with Crippen LogP contribution in [0.2, 0.25) is 0 Å². The number of carbonyl (C=O) groups excluding carboxylic acids is 1. The van der Waals surface area contributed by atoms with Crippen LogP contribution >= 0.6 is 0 Å². The Hall–Kier alpha value is -0.880. The van der Waals surface area contributed by atoms with E-state index in [0.29, 0.717) is 0 Å². The molecular formula is C18H35NO4S. The van der Waals surface area contributed by atoms with Gasteiger partial charge in [-0.2, -0.15) is 8.42 Å². The van der Waals surface area contributed by atoms with Gasteiger partial charge in [-0.05, 0) is 18.9 Å². The monoisotopic (exact) mass is 361 g/mol. The summed E-state index contributed by atoms with van der Waals surface area (Å²) in [6.45, 7) is 2.17. The summed E-state index contributed by atoms with van der Waals surface area (Å²) in [5, 5.41) is 2.42. The smallest absolute Gasteiger partial charge is 0.266 e. The molecule has 0 atom stereocenters. The number of hydrogen-bond acceptors (Lipinski definition) is 3. The van der Waals surface area contributed by atoms with Gasteiger partial charge in [-0.15, -0.1) is 0 Å².